The average molecular weight is 412 g/mol. The minimum Gasteiger partial charge on any atom is -0.496 e. The summed E-state index contributed by atoms with van der Waals surface area (Å²) in [6.45, 7) is 0. The topological polar surface area (TPSA) is 77.2 Å². The molecule has 0 fully saturated rings. The zero-order valence-electron chi connectivity index (χ0n) is 14.7. The van der Waals surface area contributed by atoms with Gasteiger partial charge in [0, 0.05) is 11.8 Å². The second kappa shape index (κ2) is 7.84. The lowest BCUT2D eigenvalue weighted by Crippen LogP contribution is -2.10. The van der Waals surface area contributed by atoms with E-state index in [0.717, 1.165) is 0 Å². The summed E-state index contributed by atoms with van der Waals surface area (Å²) in [4.78, 5) is 17.3. The Hall–Kier alpha value is -3.16. The van der Waals surface area contributed by atoms with Crippen LogP contribution in [0, 0.1) is 0 Å². The number of amides is 1. The van der Waals surface area contributed by atoms with Crippen molar-refractivity contribution in [2.45, 2.75) is 0 Å². The van der Waals surface area contributed by atoms with Gasteiger partial charge in [0.05, 0.1) is 28.1 Å². The fraction of sp³-hybridized carbons (Fsp3) is 0.0500. The van der Waals surface area contributed by atoms with Crippen molar-refractivity contribution in [3.8, 4) is 28.6 Å². The molecule has 1 N–H and O–H groups in total. The number of methoxy groups -OCH3 is 1. The number of nitrogens with one attached hydrogen (secondary N) is 1. The van der Waals surface area contributed by atoms with E-state index in [-0.39, 0.29) is 5.91 Å². The van der Waals surface area contributed by atoms with E-state index in [0.29, 0.717) is 44.2 Å². The van der Waals surface area contributed by atoms with Crippen LogP contribution in [-0.4, -0.2) is 23.2 Å². The summed E-state index contributed by atoms with van der Waals surface area (Å²) in [5.74, 6) is 1.02. The van der Waals surface area contributed by atoms with Crippen LogP contribution in [0.3, 0.4) is 0 Å². The number of halogens is 1. The number of benzene rings is 2. The van der Waals surface area contributed by atoms with Crippen molar-refractivity contribution in [1.82, 2.24) is 10.1 Å². The zero-order chi connectivity index (χ0) is 19.5. The maximum absolute atomic E-state index is 12.2. The van der Waals surface area contributed by atoms with Crippen LogP contribution in [0.1, 0.15) is 9.67 Å². The molecule has 0 aliphatic heterocycles. The van der Waals surface area contributed by atoms with Gasteiger partial charge in [0.2, 0.25) is 5.82 Å². The molecule has 140 valence electrons. The predicted molar refractivity (Wildman–Crippen MR) is 109 cm³/mol. The predicted octanol–water partition coefficient (Wildman–Crippen LogP) is 5.38. The van der Waals surface area contributed by atoms with E-state index in [4.69, 9.17) is 20.9 Å². The van der Waals surface area contributed by atoms with Crippen LogP contribution in [0.4, 0.5) is 5.69 Å². The van der Waals surface area contributed by atoms with E-state index in [9.17, 15) is 4.79 Å². The average Bonchev–Trinajstić information content (AvgIpc) is 3.40. The molecule has 0 atom stereocenters. The number of carbonyl (C=O) groups is 1. The van der Waals surface area contributed by atoms with E-state index in [1.54, 1.807) is 43.5 Å². The summed E-state index contributed by atoms with van der Waals surface area (Å²) in [6.07, 6.45) is 0. The molecular weight excluding hydrogens is 398 g/mol. The third-order valence-corrected chi connectivity index (χ3v) is 5.17. The van der Waals surface area contributed by atoms with Crippen molar-refractivity contribution >= 4 is 34.5 Å². The quantitative estimate of drug-likeness (QED) is 0.477. The number of ether oxygens (including phenoxy) is 1. The number of nitrogens with zero attached hydrogens (tertiary/aromatic N) is 2. The van der Waals surface area contributed by atoms with E-state index >= 15 is 0 Å². The first-order chi connectivity index (χ1) is 13.7. The van der Waals surface area contributed by atoms with Gasteiger partial charge in [-0.15, -0.1) is 11.3 Å². The van der Waals surface area contributed by atoms with E-state index < -0.39 is 0 Å². The molecule has 2 heterocycles. The number of hydrogen-bond acceptors (Lipinski definition) is 6. The van der Waals surface area contributed by atoms with Gasteiger partial charge in [-0.3, -0.25) is 4.79 Å². The van der Waals surface area contributed by atoms with Crippen molar-refractivity contribution in [3.63, 3.8) is 0 Å². The van der Waals surface area contributed by atoms with Crippen molar-refractivity contribution in [2.75, 3.05) is 12.4 Å². The molecule has 0 aliphatic carbocycles. The number of rotatable bonds is 5. The van der Waals surface area contributed by atoms with Crippen LogP contribution in [0.25, 0.3) is 22.8 Å². The summed E-state index contributed by atoms with van der Waals surface area (Å²) in [5.41, 5.74) is 1.90. The molecule has 1 amide bonds. The number of carbonyl (C=O) groups excluding carboxylic acids is 1. The molecule has 2 aromatic carbocycles. The first-order valence-corrected chi connectivity index (χ1v) is 9.53. The summed E-state index contributed by atoms with van der Waals surface area (Å²) in [6, 6.07) is 16.1. The molecule has 4 rings (SSSR count). The highest BCUT2D eigenvalue weighted by Crippen LogP contribution is 2.33. The van der Waals surface area contributed by atoms with Crippen LogP contribution in [0.5, 0.6) is 5.75 Å². The van der Waals surface area contributed by atoms with Gasteiger partial charge in [-0.1, -0.05) is 35.0 Å². The first kappa shape index (κ1) is 18.2. The van der Waals surface area contributed by atoms with Crippen molar-refractivity contribution in [2.24, 2.45) is 0 Å². The SMILES string of the molecule is COc1cc(NC(=O)c2cccs2)ccc1-c1noc(-c2ccccc2Cl)n1. The second-order valence-electron chi connectivity index (χ2n) is 5.75. The van der Waals surface area contributed by atoms with Crippen molar-refractivity contribution < 1.29 is 14.1 Å². The maximum Gasteiger partial charge on any atom is 0.265 e. The van der Waals surface area contributed by atoms with Gasteiger partial charge in [0.1, 0.15) is 5.75 Å². The van der Waals surface area contributed by atoms with Crippen molar-refractivity contribution in [3.05, 3.63) is 69.9 Å². The molecule has 8 heteroatoms. The number of aromatic nitrogens is 2. The molecule has 0 unspecified atom stereocenters. The lowest BCUT2D eigenvalue weighted by atomic mass is 10.1. The van der Waals surface area contributed by atoms with Gasteiger partial charge in [-0.2, -0.15) is 4.98 Å². The Labute approximate surface area is 169 Å². The Bertz CT molecular complexity index is 1130. The molecule has 0 saturated carbocycles. The molecule has 28 heavy (non-hydrogen) atoms. The molecule has 0 aliphatic rings. The standard InChI is InChI=1S/C20H14ClN3O3S/c1-26-16-11-12(22-19(25)17-7-4-10-28-17)8-9-14(16)18-23-20(27-24-18)13-5-2-3-6-15(13)21/h2-11H,1H3,(H,22,25). The molecule has 0 spiro atoms. The van der Waals surface area contributed by atoms with Crippen LogP contribution in [0.15, 0.2) is 64.5 Å². The molecule has 0 bridgehead atoms. The van der Waals surface area contributed by atoms with Gasteiger partial charge in [0.15, 0.2) is 0 Å². The fourth-order valence-electron chi connectivity index (χ4n) is 2.63. The maximum atomic E-state index is 12.2. The number of hydrogen-bond donors (Lipinski definition) is 1. The van der Waals surface area contributed by atoms with E-state index in [1.807, 2.05) is 23.6 Å². The summed E-state index contributed by atoms with van der Waals surface area (Å²) in [5, 5.41) is 9.26. The highest BCUT2D eigenvalue weighted by Gasteiger charge is 2.17. The van der Waals surface area contributed by atoms with Crippen LogP contribution >= 0.6 is 22.9 Å². The third kappa shape index (κ3) is 3.62. The van der Waals surface area contributed by atoms with Crippen LogP contribution in [0.2, 0.25) is 5.02 Å². The zero-order valence-corrected chi connectivity index (χ0v) is 16.3. The molecular formula is C20H14ClN3O3S. The van der Waals surface area contributed by atoms with Gasteiger partial charge in [0.25, 0.3) is 11.8 Å². The van der Waals surface area contributed by atoms with E-state index in [2.05, 4.69) is 15.5 Å². The highest BCUT2D eigenvalue weighted by atomic mass is 35.5. The largest absolute Gasteiger partial charge is 0.496 e. The molecule has 0 saturated heterocycles. The monoisotopic (exact) mass is 411 g/mol. The summed E-state index contributed by atoms with van der Waals surface area (Å²) < 4.78 is 10.8. The van der Waals surface area contributed by atoms with Gasteiger partial charge >= 0.3 is 0 Å². The second-order valence-corrected chi connectivity index (χ2v) is 7.10. The Morgan fingerprint density at radius 3 is 2.75 bits per heavy atom. The minimum absolute atomic E-state index is 0.176. The van der Waals surface area contributed by atoms with Gasteiger partial charge in [-0.05, 0) is 35.7 Å². The highest BCUT2D eigenvalue weighted by molar-refractivity contribution is 7.12. The Morgan fingerprint density at radius 2 is 2.00 bits per heavy atom. The smallest absolute Gasteiger partial charge is 0.265 e. The Balaban J connectivity index is 1.62. The third-order valence-electron chi connectivity index (χ3n) is 3.98. The summed E-state index contributed by atoms with van der Waals surface area (Å²) in [7, 11) is 1.54. The summed E-state index contributed by atoms with van der Waals surface area (Å²) >= 11 is 7.57. The Kier molecular flexibility index (Phi) is 5.10. The lowest BCUT2D eigenvalue weighted by molar-refractivity contribution is 0.103. The Morgan fingerprint density at radius 1 is 1.14 bits per heavy atom. The molecule has 6 nitrogen and oxygen atoms in total. The van der Waals surface area contributed by atoms with Gasteiger partial charge in [-0.25, -0.2) is 0 Å². The molecule has 2 aromatic heterocycles. The van der Waals surface area contributed by atoms with E-state index in [1.165, 1.54) is 11.3 Å². The normalized spacial score (nSPS) is 10.6. The van der Waals surface area contributed by atoms with Crippen LogP contribution < -0.4 is 10.1 Å². The van der Waals surface area contributed by atoms with Crippen LogP contribution in [-0.2, 0) is 0 Å². The number of thiophene rings is 1. The molecule has 4 aromatic rings. The minimum atomic E-state index is -0.176. The lowest BCUT2D eigenvalue weighted by Gasteiger charge is -2.09. The molecule has 0 radical (unpaired) electrons. The fourth-order valence-corrected chi connectivity index (χ4v) is 3.47. The van der Waals surface area contributed by atoms with Gasteiger partial charge < -0.3 is 14.6 Å². The first-order valence-electron chi connectivity index (χ1n) is 8.27. The van der Waals surface area contributed by atoms with Crippen molar-refractivity contribution in [1.29, 1.82) is 0 Å². The number of anilines is 1.